The van der Waals surface area contributed by atoms with E-state index in [2.05, 4.69) is 5.32 Å². The van der Waals surface area contributed by atoms with Gasteiger partial charge in [-0.05, 0) is 53.8 Å². The van der Waals surface area contributed by atoms with Gasteiger partial charge < -0.3 is 10.2 Å². The summed E-state index contributed by atoms with van der Waals surface area (Å²) < 4.78 is 13.3. The van der Waals surface area contributed by atoms with Gasteiger partial charge in [-0.25, -0.2) is 4.39 Å². The van der Waals surface area contributed by atoms with Gasteiger partial charge in [-0.2, -0.15) is 0 Å². The Hall–Kier alpha value is -2.99. The number of nitrogens with zero attached hydrogens (tertiary/aromatic N) is 1. The molecule has 0 aliphatic carbocycles. The van der Waals surface area contributed by atoms with Crippen LogP contribution < -0.4 is 10.2 Å². The van der Waals surface area contributed by atoms with E-state index in [-0.39, 0.29) is 24.1 Å². The van der Waals surface area contributed by atoms with Crippen molar-refractivity contribution < 1.29 is 14.0 Å². The van der Waals surface area contributed by atoms with Crippen LogP contribution in [0.2, 0.25) is 0 Å². The number of benzene rings is 2. The highest BCUT2D eigenvalue weighted by molar-refractivity contribution is 7.10. The second-order valence-corrected chi connectivity index (χ2v) is 7.69. The lowest BCUT2D eigenvalue weighted by Gasteiger charge is -2.24. The lowest BCUT2D eigenvalue weighted by molar-refractivity contribution is -0.120. The van der Waals surface area contributed by atoms with Crippen molar-refractivity contribution in [3.63, 3.8) is 0 Å². The van der Waals surface area contributed by atoms with E-state index in [1.54, 1.807) is 17.0 Å². The predicted molar refractivity (Wildman–Crippen MR) is 114 cm³/mol. The number of anilines is 1. The minimum absolute atomic E-state index is 0.0491. The second-order valence-electron chi connectivity index (χ2n) is 6.66. The zero-order chi connectivity index (χ0) is 20.6. The normalized spacial score (nSPS) is 10.6. The summed E-state index contributed by atoms with van der Waals surface area (Å²) in [5.74, 6) is -0.416. The maximum atomic E-state index is 13.3. The largest absolute Gasteiger partial charge is 0.356 e. The van der Waals surface area contributed by atoms with Crippen LogP contribution in [0.3, 0.4) is 0 Å². The Kier molecular flexibility index (Phi) is 7.14. The Morgan fingerprint density at radius 2 is 1.79 bits per heavy atom. The number of halogens is 1. The topological polar surface area (TPSA) is 49.4 Å². The van der Waals surface area contributed by atoms with Crippen LogP contribution in [0.25, 0.3) is 0 Å². The summed E-state index contributed by atoms with van der Waals surface area (Å²) in [6.45, 7) is 2.78. The van der Waals surface area contributed by atoms with Crippen molar-refractivity contribution >= 4 is 28.8 Å². The van der Waals surface area contributed by atoms with E-state index < -0.39 is 0 Å². The van der Waals surface area contributed by atoms with Crippen molar-refractivity contribution in [3.05, 3.63) is 87.9 Å². The minimum Gasteiger partial charge on any atom is -0.356 e. The molecule has 1 N–H and O–H groups in total. The molecule has 6 heteroatoms. The summed E-state index contributed by atoms with van der Waals surface area (Å²) in [6, 6.07) is 17.4. The molecule has 2 amide bonds. The van der Waals surface area contributed by atoms with Crippen molar-refractivity contribution in [1.29, 1.82) is 0 Å². The first kappa shape index (κ1) is 20.7. The number of nitrogens with one attached hydrogen (secondary N) is 1. The Balaban J connectivity index is 1.86. The number of rotatable bonds is 8. The van der Waals surface area contributed by atoms with Crippen LogP contribution in [-0.2, 0) is 29.0 Å². The first-order chi connectivity index (χ1) is 14.0. The molecular formula is C23H23FN2O2S. The van der Waals surface area contributed by atoms with Gasteiger partial charge in [0, 0.05) is 17.1 Å². The highest BCUT2D eigenvalue weighted by atomic mass is 32.1. The van der Waals surface area contributed by atoms with Crippen molar-refractivity contribution in [3.8, 4) is 0 Å². The summed E-state index contributed by atoms with van der Waals surface area (Å²) in [5.41, 5.74) is 2.39. The monoisotopic (exact) mass is 410 g/mol. The highest BCUT2D eigenvalue weighted by Gasteiger charge is 2.18. The van der Waals surface area contributed by atoms with Crippen LogP contribution in [0, 0.1) is 5.82 Å². The van der Waals surface area contributed by atoms with Crippen LogP contribution in [0.4, 0.5) is 10.1 Å². The molecule has 3 rings (SSSR count). The number of thiophene rings is 1. The molecule has 0 saturated carbocycles. The Morgan fingerprint density at radius 3 is 2.48 bits per heavy atom. The fourth-order valence-corrected chi connectivity index (χ4v) is 3.73. The summed E-state index contributed by atoms with van der Waals surface area (Å²) in [4.78, 5) is 27.7. The van der Waals surface area contributed by atoms with E-state index in [9.17, 15) is 14.0 Å². The molecule has 0 spiro atoms. The fraction of sp³-hybridized carbons (Fsp3) is 0.217. The quantitative estimate of drug-likeness (QED) is 0.601. The molecule has 3 aromatic rings. The first-order valence-electron chi connectivity index (χ1n) is 9.48. The lowest BCUT2D eigenvalue weighted by atomic mass is 10.1. The molecule has 0 aliphatic heterocycles. The molecule has 1 aromatic heterocycles. The van der Waals surface area contributed by atoms with Crippen molar-refractivity contribution in [2.45, 2.75) is 26.3 Å². The van der Waals surface area contributed by atoms with Gasteiger partial charge in [0.15, 0.2) is 0 Å². The molecule has 0 fully saturated rings. The average Bonchev–Trinajstić information content (AvgIpc) is 3.21. The molecule has 1 heterocycles. The van der Waals surface area contributed by atoms with Crippen LogP contribution in [0.5, 0.6) is 0 Å². The van der Waals surface area contributed by atoms with E-state index in [0.717, 1.165) is 21.7 Å². The second kappa shape index (κ2) is 9.98. The molecule has 0 aliphatic rings. The van der Waals surface area contributed by atoms with E-state index in [1.807, 2.05) is 48.7 Å². The van der Waals surface area contributed by atoms with Crippen LogP contribution >= 0.6 is 11.3 Å². The highest BCUT2D eigenvalue weighted by Crippen LogP contribution is 2.22. The summed E-state index contributed by atoms with van der Waals surface area (Å²) in [5, 5.41) is 4.73. The van der Waals surface area contributed by atoms with Crippen molar-refractivity contribution in [2.24, 2.45) is 0 Å². The molecule has 0 atom stereocenters. The number of amides is 2. The van der Waals surface area contributed by atoms with E-state index in [0.29, 0.717) is 19.5 Å². The van der Waals surface area contributed by atoms with E-state index in [1.165, 1.54) is 23.5 Å². The van der Waals surface area contributed by atoms with E-state index >= 15 is 0 Å². The van der Waals surface area contributed by atoms with Gasteiger partial charge in [-0.1, -0.05) is 30.3 Å². The minimum atomic E-state index is -0.311. The van der Waals surface area contributed by atoms with Crippen LogP contribution in [-0.4, -0.2) is 18.4 Å². The zero-order valence-corrected chi connectivity index (χ0v) is 17.0. The molecule has 0 unspecified atom stereocenters. The third-order valence-corrected chi connectivity index (χ3v) is 5.30. The van der Waals surface area contributed by atoms with Gasteiger partial charge in [0.05, 0.1) is 19.4 Å². The number of carbonyl (C=O) groups excluding carboxylic acids is 2. The van der Waals surface area contributed by atoms with Gasteiger partial charge in [-0.15, -0.1) is 11.3 Å². The van der Waals surface area contributed by atoms with Gasteiger partial charge >= 0.3 is 0 Å². The SMILES string of the molecule is CCNC(=O)Cc1cccc(N(Cc2ccc(F)cc2)C(=O)Cc2cccs2)c1. The average molecular weight is 411 g/mol. The Morgan fingerprint density at radius 1 is 1.00 bits per heavy atom. The number of hydrogen-bond acceptors (Lipinski definition) is 3. The van der Waals surface area contributed by atoms with Crippen molar-refractivity contribution in [1.82, 2.24) is 5.32 Å². The fourth-order valence-electron chi connectivity index (χ4n) is 3.03. The van der Waals surface area contributed by atoms with Crippen LogP contribution in [0.1, 0.15) is 22.9 Å². The van der Waals surface area contributed by atoms with Gasteiger partial charge in [-0.3, -0.25) is 9.59 Å². The molecule has 0 radical (unpaired) electrons. The molecule has 4 nitrogen and oxygen atoms in total. The Bertz CT molecular complexity index is 955. The summed E-state index contributed by atoms with van der Waals surface area (Å²) in [7, 11) is 0. The number of likely N-dealkylation sites (N-methyl/N-ethyl adjacent to an activating group) is 1. The smallest absolute Gasteiger partial charge is 0.232 e. The summed E-state index contributed by atoms with van der Waals surface area (Å²) in [6.07, 6.45) is 0.546. The summed E-state index contributed by atoms with van der Waals surface area (Å²) >= 11 is 1.54. The van der Waals surface area contributed by atoms with E-state index in [4.69, 9.17) is 0 Å². The van der Waals surface area contributed by atoms with Crippen molar-refractivity contribution in [2.75, 3.05) is 11.4 Å². The maximum absolute atomic E-state index is 13.3. The Labute approximate surface area is 174 Å². The molecule has 0 bridgehead atoms. The number of carbonyl (C=O) groups is 2. The third kappa shape index (κ3) is 5.99. The molecule has 150 valence electrons. The molecule has 0 saturated heterocycles. The van der Waals surface area contributed by atoms with Gasteiger partial charge in [0.25, 0.3) is 0 Å². The standard InChI is InChI=1S/C23H23FN2O2S/c1-2-25-22(27)14-18-5-3-6-20(13-18)26(16-17-8-10-19(24)11-9-17)23(28)15-21-7-4-12-29-21/h3-13H,2,14-16H2,1H3,(H,25,27). The predicted octanol–water partition coefficient (Wildman–Crippen LogP) is 4.34. The molecule has 29 heavy (non-hydrogen) atoms. The first-order valence-corrected chi connectivity index (χ1v) is 10.4. The third-order valence-electron chi connectivity index (χ3n) is 4.42. The van der Waals surface area contributed by atoms with Gasteiger partial charge in [0.1, 0.15) is 5.82 Å². The molecule has 2 aromatic carbocycles. The molecular weight excluding hydrogens is 387 g/mol. The maximum Gasteiger partial charge on any atom is 0.232 e. The van der Waals surface area contributed by atoms with Crippen LogP contribution in [0.15, 0.2) is 66.0 Å². The zero-order valence-electron chi connectivity index (χ0n) is 16.2. The lowest BCUT2D eigenvalue weighted by Crippen LogP contribution is -2.31. The number of hydrogen-bond donors (Lipinski definition) is 1. The van der Waals surface area contributed by atoms with Gasteiger partial charge in [0.2, 0.25) is 11.8 Å².